The first kappa shape index (κ1) is 12.8. The van der Waals surface area contributed by atoms with Crippen LogP contribution in [0.2, 0.25) is 0 Å². The second kappa shape index (κ2) is 5.83. The molecule has 1 N–H and O–H groups in total. The molecule has 0 aromatic heterocycles. The van der Waals surface area contributed by atoms with E-state index < -0.39 is 0 Å². The van der Waals surface area contributed by atoms with Gasteiger partial charge in [0.15, 0.2) is 0 Å². The van der Waals surface area contributed by atoms with Crippen molar-refractivity contribution in [2.75, 3.05) is 7.05 Å². The topological polar surface area (TPSA) is 27.1 Å². The highest BCUT2D eigenvalue weighted by molar-refractivity contribution is 9.10. The molecule has 0 saturated carbocycles. The quantitative estimate of drug-likeness (QED) is 0.675. The molecule has 0 bridgehead atoms. The minimum absolute atomic E-state index is 0.540. The van der Waals surface area contributed by atoms with Crippen molar-refractivity contribution in [3.05, 3.63) is 70.2 Å². The zero-order chi connectivity index (χ0) is 13.0. The van der Waals surface area contributed by atoms with Gasteiger partial charge in [-0.25, -0.2) is 0 Å². The monoisotopic (exact) mass is 302 g/mol. The van der Waals surface area contributed by atoms with E-state index in [0.717, 1.165) is 16.6 Å². The highest BCUT2D eigenvalue weighted by Gasteiger charge is 2.07. The Morgan fingerprint density at radius 2 is 1.67 bits per heavy atom. The third-order valence-electron chi connectivity index (χ3n) is 2.76. The van der Waals surface area contributed by atoms with Crippen LogP contribution in [-0.2, 0) is 6.54 Å². The Hall–Kier alpha value is -1.61. The Bertz CT molecular complexity index is 520. The molecule has 0 aliphatic rings. The van der Waals surface area contributed by atoms with Gasteiger partial charge in [-0.1, -0.05) is 58.4 Å². The molecule has 0 radical (unpaired) electrons. The zero-order valence-electron chi connectivity index (χ0n) is 10.2. The molecule has 3 heteroatoms. The van der Waals surface area contributed by atoms with Crippen molar-refractivity contribution in [3.63, 3.8) is 0 Å². The Morgan fingerprint density at radius 1 is 1.06 bits per heavy atom. The van der Waals surface area contributed by atoms with E-state index in [4.69, 9.17) is 5.41 Å². The highest BCUT2D eigenvalue weighted by atomic mass is 79.9. The molecule has 2 nitrogen and oxygen atoms in total. The molecular formula is C15H15BrN2. The first-order valence-electron chi connectivity index (χ1n) is 5.76. The summed E-state index contributed by atoms with van der Waals surface area (Å²) in [7, 11) is 1.94. The summed E-state index contributed by atoms with van der Waals surface area (Å²) in [5.41, 5.74) is 2.14. The van der Waals surface area contributed by atoms with Crippen molar-refractivity contribution >= 4 is 21.8 Å². The molecule has 0 atom stereocenters. The standard InChI is InChI=1S/C15H15BrN2/c1-18(11-12-7-9-14(16)10-8-12)15(17)13-5-3-2-4-6-13/h2-10,17H,11H2,1H3. The SMILES string of the molecule is CN(Cc1ccc(Br)cc1)C(=N)c1ccccc1. The summed E-state index contributed by atoms with van der Waals surface area (Å²) < 4.78 is 1.08. The lowest BCUT2D eigenvalue weighted by atomic mass is 10.1. The van der Waals surface area contributed by atoms with Gasteiger partial charge < -0.3 is 4.90 Å². The van der Waals surface area contributed by atoms with E-state index in [9.17, 15) is 0 Å². The van der Waals surface area contributed by atoms with Crippen molar-refractivity contribution in [1.82, 2.24) is 4.90 Å². The van der Waals surface area contributed by atoms with Gasteiger partial charge in [-0.05, 0) is 17.7 Å². The van der Waals surface area contributed by atoms with Crippen molar-refractivity contribution in [2.24, 2.45) is 0 Å². The summed E-state index contributed by atoms with van der Waals surface area (Å²) in [5, 5.41) is 8.14. The minimum Gasteiger partial charge on any atom is -0.355 e. The van der Waals surface area contributed by atoms with Crippen LogP contribution in [0.1, 0.15) is 11.1 Å². The van der Waals surface area contributed by atoms with Crippen LogP contribution in [0.4, 0.5) is 0 Å². The molecule has 18 heavy (non-hydrogen) atoms. The molecular weight excluding hydrogens is 288 g/mol. The fourth-order valence-electron chi connectivity index (χ4n) is 1.76. The van der Waals surface area contributed by atoms with E-state index in [-0.39, 0.29) is 0 Å². The maximum absolute atomic E-state index is 8.14. The number of rotatable bonds is 3. The van der Waals surface area contributed by atoms with Gasteiger partial charge in [0, 0.05) is 23.6 Å². The summed E-state index contributed by atoms with van der Waals surface area (Å²) in [5.74, 6) is 0.540. The molecule has 92 valence electrons. The number of nitrogens with one attached hydrogen (secondary N) is 1. The van der Waals surface area contributed by atoms with Crippen molar-refractivity contribution in [2.45, 2.75) is 6.54 Å². The maximum atomic E-state index is 8.14. The number of halogens is 1. The van der Waals surface area contributed by atoms with Crippen molar-refractivity contribution in [3.8, 4) is 0 Å². The van der Waals surface area contributed by atoms with Gasteiger partial charge in [0.05, 0.1) is 0 Å². The molecule has 0 aliphatic carbocycles. The molecule has 2 aromatic carbocycles. The minimum atomic E-state index is 0.540. The zero-order valence-corrected chi connectivity index (χ0v) is 11.8. The van der Waals surface area contributed by atoms with E-state index in [2.05, 4.69) is 28.1 Å². The number of benzene rings is 2. The second-order valence-corrected chi connectivity index (χ2v) is 5.11. The van der Waals surface area contributed by atoms with E-state index in [1.165, 1.54) is 5.56 Å². The summed E-state index contributed by atoms with van der Waals surface area (Å²) in [4.78, 5) is 1.94. The normalized spacial score (nSPS) is 10.1. The third-order valence-corrected chi connectivity index (χ3v) is 3.29. The highest BCUT2D eigenvalue weighted by Crippen LogP contribution is 2.13. The molecule has 0 amide bonds. The van der Waals surface area contributed by atoms with Gasteiger partial charge in [0.1, 0.15) is 5.84 Å². The Balaban J connectivity index is 2.06. The number of amidine groups is 1. The van der Waals surface area contributed by atoms with Gasteiger partial charge in [0.25, 0.3) is 0 Å². The van der Waals surface area contributed by atoms with E-state index in [0.29, 0.717) is 5.84 Å². The van der Waals surface area contributed by atoms with Crippen LogP contribution < -0.4 is 0 Å². The Labute approximate surface area is 116 Å². The van der Waals surface area contributed by atoms with Crippen LogP contribution in [-0.4, -0.2) is 17.8 Å². The lowest BCUT2D eigenvalue weighted by molar-refractivity contribution is 0.498. The smallest absolute Gasteiger partial charge is 0.128 e. The van der Waals surface area contributed by atoms with Gasteiger partial charge >= 0.3 is 0 Å². The van der Waals surface area contributed by atoms with Crippen LogP contribution in [0.3, 0.4) is 0 Å². The summed E-state index contributed by atoms with van der Waals surface area (Å²) >= 11 is 3.42. The first-order chi connectivity index (χ1) is 8.66. The van der Waals surface area contributed by atoms with Crippen molar-refractivity contribution < 1.29 is 0 Å². The van der Waals surface area contributed by atoms with E-state index in [1.54, 1.807) is 0 Å². The largest absolute Gasteiger partial charge is 0.355 e. The van der Waals surface area contributed by atoms with E-state index in [1.807, 2.05) is 54.4 Å². The molecule has 0 unspecified atom stereocenters. The lowest BCUT2D eigenvalue weighted by Gasteiger charge is -2.20. The van der Waals surface area contributed by atoms with E-state index >= 15 is 0 Å². The van der Waals surface area contributed by atoms with Gasteiger partial charge in [-0.3, -0.25) is 5.41 Å². The molecule has 0 fully saturated rings. The second-order valence-electron chi connectivity index (χ2n) is 4.20. The molecule has 2 rings (SSSR count). The molecule has 2 aromatic rings. The molecule has 0 saturated heterocycles. The van der Waals surface area contributed by atoms with Crippen LogP contribution in [0.5, 0.6) is 0 Å². The predicted octanol–water partition coefficient (Wildman–Crippen LogP) is 3.91. The lowest BCUT2D eigenvalue weighted by Crippen LogP contribution is -2.26. The van der Waals surface area contributed by atoms with Gasteiger partial charge in [-0.15, -0.1) is 0 Å². The van der Waals surface area contributed by atoms with Crippen LogP contribution in [0.25, 0.3) is 0 Å². The Morgan fingerprint density at radius 3 is 2.28 bits per heavy atom. The van der Waals surface area contributed by atoms with Gasteiger partial charge in [0.2, 0.25) is 0 Å². The number of hydrogen-bond donors (Lipinski definition) is 1. The average molecular weight is 303 g/mol. The summed E-state index contributed by atoms with van der Waals surface area (Å²) in [6.07, 6.45) is 0. The van der Waals surface area contributed by atoms with Crippen LogP contribution in [0.15, 0.2) is 59.1 Å². The van der Waals surface area contributed by atoms with Crippen LogP contribution >= 0.6 is 15.9 Å². The van der Waals surface area contributed by atoms with Crippen LogP contribution in [0, 0.1) is 5.41 Å². The maximum Gasteiger partial charge on any atom is 0.128 e. The average Bonchev–Trinajstić information content (AvgIpc) is 2.41. The molecule has 0 heterocycles. The number of hydrogen-bond acceptors (Lipinski definition) is 1. The predicted molar refractivity (Wildman–Crippen MR) is 78.9 cm³/mol. The molecule has 0 spiro atoms. The number of nitrogens with zero attached hydrogens (tertiary/aromatic N) is 1. The summed E-state index contributed by atoms with van der Waals surface area (Å²) in [6, 6.07) is 18.0. The Kier molecular flexibility index (Phi) is 4.15. The van der Waals surface area contributed by atoms with Crippen molar-refractivity contribution in [1.29, 1.82) is 5.41 Å². The third kappa shape index (κ3) is 3.20. The molecule has 0 aliphatic heterocycles. The van der Waals surface area contributed by atoms with Gasteiger partial charge in [-0.2, -0.15) is 0 Å². The fourth-order valence-corrected chi connectivity index (χ4v) is 2.02. The fraction of sp³-hybridized carbons (Fsp3) is 0.133. The summed E-state index contributed by atoms with van der Waals surface area (Å²) in [6.45, 7) is 0.737. The first-order valence-corrected chi connectivity index (χ1v) is 6.55.